The van der Waals surface area contributed by atoms with Crippen LogP contribution in [0.4, 0.5) is 0 Å². The molecule has 0 rings (SSSR count). The molecule has 0 radical (unpaired) electrons. The molecular weight excluding hydrogens is 873 g/mol. The van der Waals surface area contributed by atoms with Gasteiger partial charge in [-0.05, 0) is 55.4 Å². The fourth-order valence-corrected chi connectivity index (χ4v) is 3.58. The van der Waals surface area contributed by atoms with E-state index in [-0.39, 0.29) is 0 Å². The zero-order valence-corrected chi connectivity index (χ0v) is 25.3. The predicted molar refractivity (Wildman–Crippen MR) is 123 cm³/mol. The van der Waals surface area contributed by atoms with Crippen molar-refractivity contribution < 1.29 is 4.48 Å². The van der Waals surface area contributed by atoms with Crippen molar-refractivity contribution in [3.63, 3.8) is 0 Å². The van der Waals surface area contributed by atoms with Crippen molar-refractivity contribution in [3.8, 4) is 0 Å². The normalized spacial score (nSPS) is 13.3. The van der Waals surface area contributed by atoms with Gasteiger partial charge < -0.3 is 4.48 Å². The van der Waals surface area contributed by atoms with Gasteiger partial charge in [-0.15, -0.1) is 0 Å². The zero-order chi connectivity index (χ0) is 15.3. The first-order valence-corrected chi connectivity index (χ1v) is 50.1. The number of hydrogen-bond donors (Lipinski definition) is 0. The van der Waals surface area contributed by atoms with Gasteiger partial charge >= 0.3 is 75.0 Å². The summed E-state index contributed by atoms with van der Waals surface area (Å²) in [6, 6.07) is 2.83. The summed E-state index contributed by atoms with van der Waals surface area (Å²) in [5.74, 6) is 0. The molecule has 0 amide bonds. The van der Waals surface area contributed by atoms with E-state index in [2.05, 4.69) is 126 Å². The first-order valence-electron chi connectivity index (χ1n) is 6.41. The maximum absolute atomic E-state index is 2.56. The molecular formula is C12H28I4NPb+. The van der Waals surface area contributed by atoms with Gasteiger partial charge in [-0.1, -0.05) is 0 Å². The minimum atomic E-state index is -1.40. The van der Waals surface area contributed by atoms with Gasteiger partial charge in [0.25, 0.3) is 0 Å². The molecule has 0 atom stereocenters. The molecule has 0 aliphatic carbocycles. The zero-order valence-electron chi connectivity index (χ0n) is 12.8. The average molecular weight is 901 g/mol. The van der Waals surface area contributed by atoms with E-state index in [1.807, 2.05) is 0 Å². The molecule has 0 bridgehead atoms. The molecule has 0 aliphatic rings. The molecule has 0 heterocycles. The van der Waals surface area contributed by atoms with E-state index in [9.17, 15) is 0 Å². The Kier molecular flexibility index (Phi) is 14.1. The van der Waals surface area contributed by atoms with Crippen molar-refractivity contribution in [1.29, 1.82) is 0 Å². The van der Waals surface area contributed by atoms with Crippen LogP contribution in [0.5, 0.6) is 0 Å². The number of quaternary nitrogens is 1. The van der Waals surface area contributed by atoms with E-state index in [0.29, 0.717) is 24.2 Å². The van der Waals surface area contributed by atoms with Gasteiger partial charge in [-0.3, -0.25) is 0 Å². The predicted octanol–water partition coefficient (Wildman–Crippen LogP) is 6.60. The van der Waals surface area contributed by atoms with Crippen molar-refractivity contribution >= 4 is 75.0 Å². The van der Waals surface area contributed by atoms with Crippen molar-refractivity contribution in [1.82, 2.24) is 0 Å². The SMILES string of the molecule is CC(C)[N+](C(C)C)(C(C)C)C(C)C.[I][Pb]([I])([I])[I]. The summed E-state index contributed by atoms with van der Waals surface area (Å²) in [6.07, 6.45) is 0. The van der Waals surface area contributed by atoms with Crippen LogP contribution in [0.2, 0.25) is 0 Å². The topological polar surface area (TPSA) is 0 Å². The molecule has 0 saturated carbocycles. The molecule has 6 heteroatoms. The van der Waals surface area contributed by atoms with Crippen LogP contribution in [0.25, 0.3) is 0 Å². The molecule has 18 heavy (non-hydrogen) atoms. The number of hydrogen-bond acceptors (Lipinski definition) is 0. The van der Waals surface area contributed by atoms with E-state index >= 15 is 0 Å². The van der Waals surface area contributed by atoms with Crippen molar-refractivity contribution in [2.75, 3.05) is 0 Å². The van der Waals surface area contributed by atoms with Crippen molar-refractivity contribution in [2.45, 2.75) is 79.6 Å². The van der Waals surface area contributed by atoms with Crippen LogP contribution >= 0.6 is 71.0 Å². The second kappa shape index (κ2) is 10.6. The molecule has 0 aromatic rings. The van der Waals surface area contributed by atoms with Gasteiger partial charge in [0.2, 0.25) is 0 Å². The third-order valence-corrected chi connectivity index (χ3v) is 3.58. The summed E-state index contributed by atoms with van der Waals surface area (Å²) in [5.41, 5.74) is 0. The molecule has 1 nitrogen and oxygen atoms in total. The van der Waals surface area contributed by atoms with Crippen molar-refractivity contribution in [3.05, 3.63) is 0 Å². The quantitative estimate of drug-likeness (QED) is 0.170. The Morgan fingerprint density at radius 1 is 0.556 bits per heavy atom. The van der Waals surface area contributed by atoms with Gasteiger partial charge in [-0.2, -0.15) is 0 Å². The molecule has 0 spiro atoms. The molecule has 0 saturated heterocycles. The summed E-state index contributed by atoms with van der Waals surface area (Å²) in [4.78, 5) is 0. The Morgan fingerprint density at radius 2 is 0.667 bits per heavy atom. The van der Waals surface area contributed by atoms with Gasteiger partial charge in [0.1, 0.15) is 0 Å². The summed E-state index contributed by atoms with van der Waals surface area (Å²) in [7, 11) is 0. The van der Waals surface area contributed by atoms with Crippen LogP contribution in [0.15, 0.2) is 0 Å². The van der Waals surface area contributed by atoms with E-state index in [1.54, 1.807) is 0 Å². The van der Waals surface area contributed by atoms with Crippen LogP contribution in [0.3, 0.4) is 0 Å². The van der Waals surface area contributed by atoms with Gasteiger partial charge in [0.15, 0.2) is 0 Å². The third kappa shape index (κ3) is 9.06. The van der Waals surface area contributed by atoms with Gasteiger partial charge in [-0.25, -0.2) is 0 Å². The van der Waals surface area contributed by atoms with Crippen LogP contribution < -0.4 is 0 Å². The first kappa shape index (κ1) is 24.1. The molecule has 0 aromatic heterocycles. The molecule has 0 fully saturated rings. The Bertz CT molecular complexity index is 181. The Hall–Kier alpha value is 3.80. The summed E-state index contributed by atoms with van der Waals surface area (Å²) < 4.78 is -0.176. The monoisotopic (exact) mass is 902 g/mol. The fraction of sp³-hybridized carbons (Fsp3) is 1.00. The Labute approximate surface area is 155 Å². The average Bonchev–Trinajstić information content (AvgIpc) is 1.96. The Morgan fingerprint density at radius 3 is 0.667 bits per heavy atom. The fourth-order valence-electron chi connectivity index (χ4n) is 3.58. The van der Waals surface area contributed by atoms with E-state index < -0.39 is 4.00 Å². The molecule has 0 unspecified atom stereocenters. The second-order valence-electron chi connectivity index (χ2n) is 5.70. The van der Waals surface area contributed by atoms with Gasteiger partial charge in [0, 0.05) is 0 Å². The van der Waals surface area contributed by atoms with Gasteiger partial charge in [0.05, 0.1) is 24.2 Å². The van der Waals surface area contributed by atoms with E-state index in [0.717, 1.165) is 0 Å². The first-order chi connectivity index (χ1) is 7.77. The minimum absolute atomic E-state index is 0.708. The second-order valence-corrected chi connectivity index (χ2v) is 175. The number of nitrogens with zero attached hydrogens (tertiary/aromatic N) is 1. The van der Waals surface area contributed by atoms with Crippen molar-refractivity contribution in [2.24, 2.45) is 0 Å². The van der Waals surface area contributed by atoms with E-state index in [1.165, 1.54) is 4.48 Å². The van der Waals surface area contributed by atoms with E-state index in [4.69, 9.17) is 0 Å². The summed E-state index contributed by atoms with van der Waals surface area (Å²) in [5, 5.41) is 0. The molecule has 0 aromatic carbocycles. The maximum atomic E-state index is 2.56. The van der Waals surface area contributed by atoms with Crippen LogP contribution in [-0.4, -0.2) is 32.6 Å². The van der Waals surface area contributed by atoms with Crippen LogP contribution in [-0.2, 0) is 0 Å². The summed E-state index contributed by atoms with van der Waals surface area (Å²) in [6.45, 7) is 18.8. The third-order valence-electron chi connectivity index (χ3n) is 3.58. The summed E-state index contributed by atoms with van der Waals surface area (Å²) >= 11 is 10.2. The number of rotatable bonds is 4. The standard InChI is InChI=1S/C12H28N.4HI.Pb/c1-9(2)13(10(3)4,11(5)6)12(7)8;;;;;/h9-12H,1-8H3;4*1H;/q+1;;;;;+4/p-4. The molecule has 112 valence electrons. The van der Waals surface area contributed by atoms with Crippen LogP contribution in [0.1, 0.15) is 55.4 Å². The Balaban J connectivity index is 0. The molecule has 0 aliphatic heterocycles. The van der Waals surface area contributed by atoms with Crippen LogP contribution in [0, 0.1) is 0 Å². The number of halogens is 4. The molecule has 0 N–H and O–H groups in total.